The molecule has 3 N–H and O–H groups in total. The Bertz CT molecular complexity index is 1290. The van der Waals surface area contributed by atoms with E-state index in [1.807, 2.05) is 36.4 Å². The van der Waals surface area contributed by atoms with Crippen LogP contribution < -0.4 is 14.9 Å². The maximum absolute atomic E-state index is 11.9. The molecule has 0 aliphatic heterocycles. The average Bonchev–Trinajstić information content (AvgIpc) is 3.49. The summed E-state index contributed by atoms with van der Waals surface area (Å²) in [6.45, 7) is 0.475. The summed E-state index contributed by atoms with van der Waals surface area (Å²) in [6.07, 6.45) is 5.51. The molecule has 5 rings (SSSR count). The van der Waals surface area contributed by atoms with Crippen LogP contribution in [0.15, 0.2) is 59.3 Å². The molecule has 164 valence electrons. The highest BCUT2D eigenvalue weighted by Gasteiger charge is 2.26. The number of halogens is 1. The quantitative estimate of drug-likeness (QED) is 0.294. The van der Waals surface area contributed by atoms with Crippen LogP contribution in [0.25, 0.3) is 10.9 Å². The van der Waals surface area contributed by atoms with Crippen molar-refractivity contribution in [2.45, 2.75) is 12.8 Å². The lowest BCUT2D eigenvalue weighted by atomic mass is 10.2. The normalized spacial score (nSPS) is 14.3. The first kappa shape index (κ1) is 20.9. The van der Waals surface area contributed by atoms with Gasteiger partial charge in [0.25, 0.3) is 0 Å². The molecule has 0 bridgehead atoms. The van der Waals surface area contributed by atoms with Crippen molar-refractivity contribution in [2.24, 2.45) is 5.92 Å². The fourth-order valence-corrected chi connectivity index (χ4v) is 4.30. The molecule has 2 aromatic carbocycles. The molecular formula is C21H19BrN7O2S-. The number of aromatic nitrogens is 4. The van der Waals surface area contributed by atoms with Crippen molar-refractivity contribution >= 4 is 66.9 Å². The van der Waals surface area contributed by atoms with Gasteiger partial charge in [-0.1, -0.05) is 12.1 Å². The van der Waals surface area contributed by atoms with Gasteiger partial charge in [0.1, 0.15) is 5.82 Å². The summed E-state index contributed by atoms with van der Waals surface area (Å²) in [6, 6.07) is 13.1. The Balaban J connectivity index is 1.41. The van der Waals surface area contributed by atoms with Crippen LogP contribution in [-0.4, -0.2) is 35.5 Å². The molecule has 2 aromatic heterocycles. The zero-order valence-electron chi connectivity index (χ0n) is 16.8. The number of rotatable bonds is 8. The van der Waals surface area contributed by atoms with Gasteiger partial charge in [0.05, 0.1) is 27.6 Å². The van der Waals surface area contributed by atoms with Crippen molar-refractivity contribution < 1.29 is 8.76 Å². The van der Waals surface area contributed by atoms with Crippen LogP contribution in [0.3, 0.4) is 0 Å². The summed E-state index contributed by atoms with van der Waals surface area (Å²) >= 11 is 1.11. The molecule has 32 heavy (non-hydrogen) atoms. The molecule has 0 radical (unpaired) electrons. The number of anilines is 5. The number of nitrogens with one attached hydrogen (secondary N) is 3. The number of benzene rings is 2. The Kier molecular flexibility index (Phi) is 5.77. The van der Waals surface area contributed by atoms with E-state index in [9.17, 15) is 8.76 Å². The Hall–Kier alpha value is -3.02. The first-order valence-corrected chi connectivity index (χ1v) is 11.8. The van der Waals surface area contributed by atoms with E-state index in [0.717, 1.165) is 29.4 Å². The summed E-state index contributed by atoms with van der Waals surface area (Å²) < 4.78 is 25.9. The zero-order chi connectivity index (χ0) is 22.1. The molecule has 1 atom stereocenters. The summed E-state index contributed by atoms with van der Waals surface area (Å²) in [5.41, 5.74) is 2.94. The van der Waals surface area contributed by atoms with Gasteiger partial charge in [-0.15, -0.1) is 0 Å². The van der Waals surface area contributed by atoms with Gasteiger partial charge in [-0.05, 0) is 65.0 Å². The summed E-state index contributed by atoms with van der Waals surface area (Å²) in [5, 5.41) is 14.4. The Morgan fingerprint density at radius 2 is 2.03 bits per heavy atom. The molecule has 1 aliphatic rings. The fourth-order valence-electron chi connectivity index (χ4n) is 3.36. The lowest BCUT2D eigenvalue weighted by molar-refractivity contribution is 0.530. The first-order chi connectivity index (χ1) is 15.6. The van der Waals surface area contributed by atoms with Gasteiger partial charge in [0, 0.05) is 35.1 Å². The minimum atomic E-state index is -2.37. The van der Waals surface area contributed by atoms with Crippen LogP contribution in [-0.2, 0) is 11.3 Å². The molecule has 1 unspecified atom stereocenters. The van der Waals surface area contributed by atoms with Crippen LogP contribution in [0.5, 0.6) is 0 Å². The van der Waals surface area contributed by atoms with Gasteiger partial charge in [0.15, 0.2) is 0 Å². The van der Waals surface area contributed by atoms with Crippen molar-refractivity contribution in [3.05, 3.63) is 59.3 Å². The van der Waals surface area contributed by atoms with E-state index in [4.69, 9.17) is 0 Å². The number of para-hydroxylation sites is 2. The highest BCUT2D eigenvalue weighted by Crippen LogP contribution is 2.36. The molecule has 1 aliphatic carbocycles. The van der Waals surface area contributed by atoms with E-state index >= 15 is 0 Å². The minimum Gasteiger partial charge on any atom is -0.755 e. The van der Waals surface area contributed by atoms with E-state index in [1.54, 1.807) is 18.5 Å². The van der Waals surface area contributed by atoms with Crippen LogP contribution in [0.4, 0.5) is 28.8 Å². The van der Waals surface area contributed by atoms with Crippen molar-refractivity contribution in [3.8, 4) is 0 Å². The maximum Gasteiger partial charge on any atom is 0.229 e. The number of aromatic amines is 1. The Morgan fingerprint density at radius 1 is 1.19 bits per heavy atom. The standard InChI is InChI=1S/C21H20BrN7O2S/c22-16-11-23-21(25-15-8-7-14-10-24-28-18(14)9-15)27-20(16)26-17-3-1-2-4-19(17)29(32(30)31)12-13-5-6-13/h1-4,7-11,13H,5-6,12H2,(H,24,28)(H,30,31)(H2,23,25,26,27)/p-1. The largest absolute Gasteiger partial charge is 0.755 e. The minimum absolute atomic E-state index is 0.397. The van der Waals surface area contributed by atoms with Crippen LogP contribution >= 0.6 is 15.9 Å². The van der Waals surface area contributed by atoms with Gasteiger partial charge in [-0.2, -0.15) is 10.1 Å². The Morgan fingerprint density at radius 3 is 2.84 bits per heavy atom. The predicted octanol–water partition coefficient (Wildman–Crippen LogP) is 4.61. The second-order valence-corrected chi connectivity index (χ2v) is 9.28. The predicted molar refractivity (Wildman–Crippen MR) is 128 cm³/mol. The fraction of sp³-hybridized carbons (Fsp3) is 0.190. The van der Waals surface area contributed by atoms with Crippen LogP contribution in [0.1, 0.15) is 12.8 Å². The number of fused-ring (bicyclic) bond motifs is 1. The van der Waals surface area contributed by atoms with Crippen LogP contribution in [0.2, 0.25) is 0 Å². The number of hydrogen-bond donors (Lipinski definition) is 3. The molecule has 0 amide bonds. The lowest BCUT2D eigenvalue weighted by Crippen LogP contribution is -2.28. The van der Waals surface area contributed by atoms with Gasteiger partial charge in [0.2, 0.25) is 5.95 Å². The highest BCUT2D eigenvalue weighted by molar-refractivity contribution is 9.10. The van der Waals surface area contributed by atoms with Crippen LogP contribution in [0, 0.1) is 5.92 Å². The molecule has 11 heteroatoms. The van der Waals surface area contributed by atoms with Gasteiger partial charge in [-0.3, -0.25) is 9.31 Å². The number of hydrogen-bond acceptors (Lipinski definition) is 7. The number of nitrogens with zero attached hydrogens (tertiary/aromatic N) is 4. The van der Waals surface area contributed by atoms with Crippen molar-refractivity contribution in [1.82, 2.24) is 20.2 Å². The maximum atomic E-state index is 11.9. The highest BCUT2D eigenvalue weighted by atomic mass is 79.9. The molecule has 0 saturated heterocycles. The molecule has 2 heterocycles. The monoisotopic (exact) mass is 512 g/mol. The SMILES string of the molecule is O=S([O-])N(CC1CC1)c1ccccc1Nc1nc(Nc2ccc3cn[nH]c3c2)ncc1Br. The van der Waals surface area contributed by atoms with Crippen molar-refractivity contribution in [3.63, 3.8) is 0 Å². The van der Waals surface area contributed by atoms with E-state index in [-0.39, 0.29) is 0 Å². The second-order valence-electron chi connectivity index (χ2n) is 7.55. The summed E-state index contributed by atoms with van der Waals surface area (Å²) in [7, 11) is 0. The molecule has 9 nitrogen and oxygen atoms in total. The molecule has 0 spiro atoms. The zero-order valence-corrected chi connectivity index (χ0v) is 19.2. The van der Waals surface area contributed by atoms with E-state index in [1.165, 1.54) is 4.31 Å². The third kappa shape index (κ3) is 4.59. The van der Waals surface area contributed by atoms with Gasteiger partial charge in [-0.25, -0.2) is 4.98 Å². The summed E-state index contributed by atoms with van der Waals surface area (Å²) in [5.74, 6) is 1.32. The third-order valence-corrected chi connectivity index (χ3v) is 6.45. The summed E-state index contributed by atoms with van der Waals surface area (Å²) in [4.78, 5) is 8.90. The molecule has 4 aromatic rings. The van der Waals surface area contributed by atoms with Crippen molar-refractivity contribution in [1.29, 1.82) is 0 Å². The number of H-pyrrole nitrogens is 1. The Labute approximate surface area is 195 Å². The first-order valence-electron chi connectivity index (χ1n) is 10.0. The van der Waals surface area contributed by atoms with Crippen molar-refractivity contribution in [2.75, 3.05) is 21.5 Å². The second kappa shape index (κ2) is 8.85. The van der Waals surface area contributed by atoms with E-state index in [2.05, 4.69) is 46.7 Å². The smallest absolute Gasteiger partial charge is 0.229 e. The topological polar surface area (TPSA) is 122 Å². The molecular weight excluding hydrogens is 494 g/mol. The van der Waals surface area contributed by atoms with E-state index < -0.39 is 11.3 Å². The lowest BCUT2D eigenvalue weighted by Gasteiger charge is -2.28. The third-order valence-electron chi connectivity index (χ3n) is 5.17. The molecule has 1 saturated carbocycles. The van der Waals surface area contributed by atoms with Gasteiger partial charge >= 0.3 is 0 Å². The van der Waals surface area contributed by atoms with Gasteiger partial charge < -0.3 is 19.5 Å². The average molecular weight is 513 g/mol. The molecule has 1 fully saturated rings. The van der Waals surface area contributed by atoms with E-state index in [0.29, 0.717) is 40.1 Å².